The third-order valence-corrected chi connectivity index (χ3v) is 8.19. The quantitative estimate of drug-likeness (QED) is 0.592. The molecule has 0 aliphatic carbocycles. The van der Waals surface area contributed by atoms with Crippen molar-refractivity contribution >= 4 is 50.2 Å². The molecule has 0 saturated carbocycles. The summed E-state index contributed by atoms with van der Waals surface area (Å²) in [5.74, 6) is -0.850. The zero-order valence-electron chi connectivity index (χ0n) is 16.3. The molecule has 0 atom stereocenters. The molecule has 6 nitrogen and oxygen atoms in total. The van der Waals surface area contributed by atoms with Crippen molar-refractivity contribution in [1.29, 1.82) is 0 Å². The molecule has 0 radical (unpaired) electrons. The lowest BCUT2D eigenvalue weighted by molar-refractivity contribution is 0.102. The molecule has 0 bridgehead atoms. The van der Waals surface area contributed by atoms with Crippen LogP contribution in [0.5, 0.6) is 0 Å². The maximum Gasteiger partial charge on any atom is 0.267 e. The monoisotopic (exact) mass is 479 g/mol. The van der Waals surface area contributed by atoms with Gasteiger partial charge in [0.2, 0.25) is 10.0 Å². The van der Waals surface area contributed by atoms with Crippen LogP contribution in [0.1, 0.15) is 9.67 Å². The molecule has 0 spiro atoms. The molecule has 1 amide bonds. The molecule has 1 N–H and O–H groups in total. The maximum atomic E-state index is 14.0. The van der Waals surface area contributed by atoms with E-state index in [-0.39, 0.29) is 28.7 Å². The first-order valence-electron chi connectivity index (χ1n) is 9.50. The van der Waals surface area contributed by atoms with Gasteiger partial charge in [-0.25, -0.2) is 12.8 Å². The summed E-state index contributed by atoms with van der Waals surface area (Å²) in [4.78, 5) is 14.6. The van der Waals surface area contributed by atoms with Crippen LogP contribution in [0.2, 0.25) is 5.02 Å². The van der Waals surface area contributed by atoms with Crippen molar-refractivity contribution in [3.8, 4) is 0 Å². The highest BCUT2D eigenvalue weighted by Crippen LogP contribution is 2.28. The molecule has 3 aromatic rings. The zero-order valence-corrected chi connectivity index (χ0v) is 18.7. The summed E-state index contributed by atoms with van der Waals surface area (Å²) >= 11 is 7.01. The molecule has 31 heavy (non-hydrogen) atoms. The van der Waals surface area contributed by atoms with Crippen LogP contribution in [-0.2, 0) is 10.0 Å². The predicted octanol–water partition coefficient (Wildman–Crippen LogP) is 4.30. The standard InChI is InChI=1S/C21H19ClFN3O3S2/c22-15-4-3-5-16(14-15)24-21(27)20-19(8-13-30-20)31(28,29)26-11-9-25(10-12-26)18-7-2-1-6-17(18)23/h1-8,13-14H,9-12H2,(H,24,27). The summed E-state index contributed by atoms with van der Waals surface area (Å²) in [6.07, 6.45) is 0. The predicted molar refractivity (Wildman–Crippen MR) is 121 cm³/mol. The largest absolute Gasteiger partial charge is 0.367 e. The van der Waals surface area contributed by atoms with Gasteiger partial charge < -0.3 is 10.2 Å². The minimum atomic E-state index is -3.87. The second-order valence-corrected chi connectivity index (χ2v) is 10.2. The molecule has 2 aromatic carbocycles. The molecule has 2 heterocycles. The molecule has 1 aromatic heterocycles. The van der Waals surface area contributed by atoms with Crippen molar-refractivity contribution < 1.29 is 17.6 Å². The fraction of sp³-hybridized carbons (Fsp3) is 0.190. The normalized spacial score (nSPS) is 15.1. The van der Waals surface area contributed by atoms with Crippen LogP contribution < -0.4 is 10.2 Å². The third kappa shape index (κ3) is 4.59. The van der Waals surface area contributed by atoms with Gasteiger partial charge >= 0.3 is 0 Å². The lowest BCUT2D eigenvalue weighted by Gasteiger charge is -2.35. The Balaban J connectivity index is 1.50. The smallest absolute Gasteiger partial charge is 0.267 e. The summed E-state index contributed by atoms with van der Waals surface area (Å²) in [7, 11) is -3.87. The molecular formula is C21H19ClFN3O3S2. The van der Waals surface area contributed by atoms with Gasteiger partial charge in [0.25, 0.3) is 5.91 Å². The van der Waals surface area contributed by atoms with Crippen LogP contribution in [0.3, 0.4) is 0 Å². The second-order valence-electron chi connectivity index (χ2n) is 6.92. The number of anilines is 2. The van der Waals surface area contributed by atoms with E-state index in [1.807, 2.05) is 4.90 Å². The van der Waals surface area contributed by atoms with E-state index in [4.69, 9.17) is 11.6 Å². The molecule has 1 saturated heterocycles. The number of thiophene rings is 1. The van der Waals surface area contributed by atoms with Gasteiger partial charge in [0, 0.05) is 36.9 Å². The number of carbonyl (C=O) groups excluding carboxylic acids is 1. The Kier molecular flexibility index (Phi) is 6.29. The summed E-state index contributed by atoms with van der Waals surface area (Å²) in [5, 5.41) is 4.73. The van der Waals surface area contributed by atoms with Crippen molar-refractivity contribution in [3.05, 3.63) is 75.7 Å². The van der Waals surface area contributed by atoms with Gasteiger partial charge in [0.05, 0.1) is 5.69 Å². The second kappa shape index (κ2) is 8.96. The van der Waals surface area contributed by atoms with E-state index < -0.39 is 15.9 Å². The van der Waals surface area contributed by atoms with Gasteiger partial charge in [-0.3, -0.25) is 4.79 Å². The summed E-state index contributed by atoms with van der Waals surface area (Å²) < 4.78 is 41.8. The average Bonchev–Trinajstić information content (AvgIpc) is 3.25. The van der Waals surface area contributed by atoms with Gasteiger partial charge in [-0.2, -0.15) is 4.31 Å². The van der Waals surface area contributed by atoms with E-state index in [1.54, 1.807) is 47.8 Å². The highest BCUT2D eigenvalue weighted by atomic mass is 35.5. The van der Waals surface area contributed by atoms with Crippen molar-refractivity contribution in [1.82, 2.24) is 4.31 Å². The first-order valence-corrected chi connectivity index (χ1v) is 12.2. The zero-order chi connectivity index (χ0) is 22.0. The number of sulfonamides is 1. The van der Waals surface area contributed by atoms with Crippen LogP contribution in [-0.4, -0.2) is 44.8 Å². The molecule has 1 aliphatic rings. The Hall–Kier alpha value is -2.46. The van der Waals surface area contributed by atoms with E-state index in [0.717, 1.165) is 11.3 Å². The number of hydrogen-bond donors (Lipinski definition) is 1. The van der Waals surface area contributed by atoms with Crippen LogP contribution in [0.4, 0.5) is 15.8 Å². The van der Waals surface area contributed by atoms with Gasteiger partial charge in [0.1, 0.15) is 15.6 Å². The highest BCUT2D eigenvalue weighted by Gasteiger charge is 2.33. The number of benzene rings is 2. The van der Waals surface area contributed by atoms with Gasteiger partial charge in [-0.1, -0.05) is 29.8 Å². The van der Waals surface area contributed by atoms with E-state index >= 15 is 0 Å². The van der Waals surface area contributed by atoms with Gasteiger partial charge in [-0.15, -0.1) is 11.3 Å². The number of piperazine rings is 1. The van der Waals surface area contributed by atoms with E-state index in [0.29, 0.717) is 29.5 Å². The number of carbonyl (C=O) groups is 1. The molecule has 4 rings (SSSR count). The molecule has 1 fully saturated rings. The van der Waals surface area contributed by atoms with Crippen molar-refractivity contribution in [3.63, 3.8) is 0 Å². The summed E-state index contributed by atoms with van der Waals surface area (Å²) in [6, 6.07) is 14.5. The third-order valence-electron chi connectivity index (χ3n) is 4.97. The number of rotatable bonds is 5. The van der Waals surface area contributed by atoms with Gasteiger partial charge in [0.15, 0.2) is 0 Å². The topological polar surface area (TPSA) is 69.7 Å². The molecule has 0 unspecified atom stereocenters. The van der Waals surface area contributed by atoms with Crippen molar-refractivity contribution in [2.24, 2.45) is 0 Å². The fourth-order valence-electron chi connectivity index (χ4n) is 3.44. The summed E-state index contributed by atoms with van der Waals surface area (Å²) in [6.45, 7) is 1.10. The Morgan fingerprint density at radius 3 is 2.48 bits per heavy atom. The van der Waals surface area contributed by atoms with E-state index in [1.165, 1.54) is 16.4 Å². The number of hydrogen-bond acceptors (Lipinski definition) is 5. The van der Waals surface area contributed by atoms with Crippen LogP contribution >= 0.6 is 22.9 Å². The Morgan fingerprint density at radius 2 is 1.77 bits per heavy atom. The lowest BCUT2D eigenvalue weighted by Crippen LogP contribution is -2.49. The number of nitrogens with one attached hydrogen (secondary N) is 1. The SMILES string of the molecule is O=C(Nc1cccc(Cl)c1)c1sccc1S(=O)(=O)N1CCN(c2ccccc2F)CC1. The Labute approximate surface area is 188 Å². The van der Waals surface area contributed by atoms with Crippen molar-refractivity contribution in [2.75, 3.05) is 36.4 Å². The first-order chi connectivity index (χ1) is 14.9. The Bertz CT molecular complexity index is 1210. The minimum Gasteiger partial charge on any atom is -0.367 e. The van der Waals surface area contributed by atoms with E-state index in [2.05, 4.69) is 5.32 Å². The minimum absolute atomic E-state index is 0.0311. The van der Waals surface area contributed by atoms with E-state index in [9.17, 15) is 17.6 Å². The lowest BCUT2D eigenvalue weighted by atomic mass is 10.2. The molecular weight excluding hydrogens is 461 g/mol. The number of amides is 1. The van der Waals surface area contributed by atoms with Crippen LogP contribution in [0.15, 0.2) is 64.9 Å². The highest BCUT2D eigenvalue weighted by molar-refractivity contribution is 7.89. The number of para-hydroxylation sites is 1. The average molecular weight is 480 g/mol. The van der Waals surface area contributed by atoms with Crippen LogP contribution in [0.25, 0.3) is 0 Å². The first kappa shape index (κ1) is 21.8. The number of halogens is 2. The molecule has 10 heteroatoms. The maximum absolute atomic E-state index is 14.0. The summed E-state index contributed by atoms with van der Waals surface area (Å²) in [5.41, 5.74) is 0.935. The van der Waals surface area contributed by atoms with Crippen LogP contribution in [0, 0.1) is 5.82 Å². The fourth-order valence-corrected chi connectivity index (χ4v) is 6.35. The van der Waals surface area contributed by atoms with Gasteiger partial charge in [-0.05, 0) is 41.8 Å². The number of nitrogens with zero attached hydrogens (tertiary/aromatic N) is 2. The van der Waals surface area contributed by atoms with Crippen molar-refractivity contribution in [2.45, 2.75) is 4.90 Å². The molecule has 162 valence electrons. The molecule has 1 aliphatic heterocycles. The Morgan fingerprint density at radius 1 is 1.03 bits per heavy atom.